The lowest BCUT2D eigenvalue weighted by Crippen LogP contribution is -2.07. The summed E-state index contributed by atoms with van der Waals surface area (Å²) in [4.78, 5) is 15.9. The maximum atomic E-state index is 5.34. The lowest BCUT2D eigenvalue weighted by atomic mass is 10.1. The molecule has 0 bridgehead atoms. The monoisotopic (exact) mass is 666 g/mol. The van der Waals surface area contributed by atoms with Gasteiger partial charge >= 0.3 is 0 Å². The number of benzene rings is 7. The largest absolute Gasteiger partial charge is 0.344 e. The van der Waals surface area contributed by atoms with Gasteiger partial charge in [0.25, 0.3) is 0 Å². The first-order valence-corrected chi connectivity index (χ1v) is 17.5. The van der Waals surface area contributed by atoms with Gasteiger partial charge < -0.3 is 9.13 Å². The Kier molecular flexibility index (Phi) is 6.07. The molecule has 0 fully saturated rings. The van der Waals surface area contributed by atoms with Crippen molar-refractivity contribution in [2.75, 3.05) is 0 Å². The van der Waals surface area contributed by atoms with Gasteiger partial charge in [0, 0.05) is 61.5 Å². The Morgan fingerprint density at radius 2 is 0.808 bits per heavy atom. The normalized spacial score (nSPS) is 11.9. The van der Waals surface area contributed by atoms with Gasteiger partial charge in [0.05, 0.1) is 27.8 Å². The summed E-state index contributed by atoms with van der Waals surface area (Å²) in [7, 11) is 2.12. The molecule has 0 saturated heterocycles. The van der Waals surface area contributed by atoms with E-state index in [0.29, 0.717) is 17.6 Å². The van der Waals surface area contributed by atoms with Gasteiger partial charge in [-0.25, -0.2) is 4.98 Å². The Morgan fingerprint density at radius 1 is 0.365 bits per heavy atom. The molecular weight excluding hydrogens is 637 g/mol. The molecule has 11 aromatic rings. The van der Waals surface area contributed by atoms with E-state index in [1.54, 1.807) is 0 Å². The molecule has 0 atom stereocenters. The first-order valence-electron chi connectivity index (χ1n) is 17.5. The fraction of sp³-hybridized carbons (Fsp3) is 0.0217. The zero-order valence-electron chi connectivity index (χ0n) is 28.3. The second-order valence-corrected chi connectivity index (χ2v) is 13.3. The quantitative estimate of drug-likeness (QED) is 0.188. The molecule has 0 N–H and O–H groups in total. The van der Waals surface area contributed by atoms with Gasteiger partial charge in [-0.05, 0) is 60.7 Å². The fourth-order valence-corrected chi connectivity index (χ4v) is 8.20. The lowest BCUT2D eigenvalue weighted by molar-refractivity contribution is 0.952. The summed E-state index contributed by atoms with van der Waals surface area (Å²) < 4.78 is 6.77. The van der Waals surface area contributed by atoms with Crippen LogP contribution in [0.2, 0.25) is 0 Å². The minimum absolute atomic E-state index is 0.576. The molecule has 0 aliphatic carbocycles. The number of fused-ring (bicyclic) bond motifs is 9. The van der Waals surface area contributed by atoms with Gasteiger partial charge in [-0.1, -0.05) is 103 Å². The van der Waals surface area contributed by atoms with Gasteiger partial charge in [-0.3, -0.25) is 4.57 Å². The average molecular weight is 667 g/mol. The van der Waals surface area contributed by atoms with Crippen LogP contribution in [0, 0.1) is 0 Å². The molecule has 4 heterocycles. The third kappa shape index (κ3) is 4.09. The molecule has 4 aromatic heterocycles. The van der Waals surface area contributed by atoms with Gasteiger partial charge in [0.2, 0.25) is 5.95 Å². The molecule has 7 aromatic carbocycles. The maximum absolute atomic E-state index is 5.34. The summed E-state index contributed by atoms with van der Waals surface area (Å²) >= 11 is 0. The SMILES string of the molecule is Cn1c2ccccc2c2cc(-c3nc(-c4ccccc4-n4c5ccccc5c5ccccc54)nc(-n4c5ccccc5c5ccccc54)n3)ccc21. The van der Waals surface area contributed by atoms with Gasteiger partial charge in [-0.15, -0.1) is 0 Å². The van der Waals surface area contributed by atoms with Crippen LogP contribution in [0.15, 0.2) is 164 Å². The molecule has 244 valence electrons. The molecule has 0 aliphatic heterocycles. The number of aromatic nitrogens is 6. The van der Waals surface area contributed by atoms with Crippen molar-refractivity contribution < 1.29 is 0 Å². The van der Waals surface area contributed by atoms with Crippen LogP contribution in [0.4, 0.5) is 0 Å². The van der Waals surface area contributed by atoms with Crippen molar-refractivity contribution in [3.8, 4) is 34.4 Å². The number of hydrogen-bond donors (Lipinski definition) is 0. The third-order valence-corrected chi connectivity index (χ3v) is 10.5. The summed E-state index contributed by atoms with van der Waals surface area (Å²) in [6.45, 7) is 0. The highest BCUT2D eigenvalue weighted by Gasteiger charge is 2.21. The molecule has 0 amide bonds. The van der Waals surface area contributed by atoms with E-state index < -0.39 is 0 Å². The summed E-state index contributed by atoms with van der Waals surface area (Å²) in [5.74, 6) is 1.80. The van der Waals surface area contributed by atoms with Crippen molar-refractivity contribution in [3.63, 3.8) is 0 Å². The molecule has 0 spiro atoms. The standard InChI is InChI=1S/C46H30N6/c1-50-37-20-8-2-18-34(37)36-28-29(26-27-38(36)50)44-47-45(49-46(48-44)52-41-23-11-5-16-32(41)33-17-6-12-24-42(33)52)35-19-7-13-25-43(35)51-39-21-9-3-14-30(39)31-15-4-10-22-40(31)51/h2-28H,1H3. The van der Waals surface area contributed by atoms with Crippen LogP contribution in [-0.4, -0.2) is 28.7 Å². The van der Waals surface area contributed by atoms with Crippen LogP contribution in [0.5, 0.6) is 0 Å². The number of aryl methyl sites for hydroxylation is 1. The highest BCUT2D eigenvalue weighted by Crippen LogP contribution is 2.38. The van der Waals surface area contributed by atoms with Crippen LogP contribution in [0.3, 0.4) is 0 Å². The average Bonchev–Trinajstić information content (AvgIpc) is 3.83. The second-order valence-electron chi connectivity index (χ2n) is 13.3. The Bertz CT molecular complexity index is 3110. The van der Waals surface area contributed by atoms with E-state index in [1.807, 2.05) is 0 Å². The predicted octanol–water partition coefficient (Wildman–Crippen LogP) is 11.0. The van der Waals surface area contributed by atoms with Crippen LogP contribution >= 0.6 is 0 Å². The molecule has 6 heteroatoms. The Labute approximate surface area is 298 Å². The number of hydrogen-bond acceptors (Lipinski definition) is 3. The van der Waals surface area contributed by atoms with Crippen molar-refractivity contribution in [1.82, 2.24) is 28.7 Å². The molecule has 0 radical (unpaired) electrons. The van der Waals surface area contributed by atoms with E-state index in [0.717, 1.165) is 49.7 Å². The first-order chi connectivity index (χ1) is 25.7. The number of rotatable bonds is 4. The minimum Gasteiger partial charge on any atom is -0.344 e. The van der Waals surface area contributed by atoms with Crippen molar-refractivity contribution in [1.29, 1.82) is 0 Å². The van der Waals surface area contributed by atoms with Crippen LogP contribution in [-0.2, 0) is 7.05 Å². The Hall–Kier alpha value is -7.05. The van der Waals surface area contributed by atoms with Crippen molar-refractivity contribution in [3.05, 3.63) is 164 Å². The topological polar surface area (TPSA) is 53.5 Å². The second kappa shape index (κ2) is 11.0. The van der Waals surface area contributed by atoms with E-state index >= 15 is 0 Å². The van der Waals surface area contributed by atoms with Crippen LogP contribution in [0.25, 0.3) is 99.8 Å². The molecular formula is C46H30N6. The van der Waals surface area contributed by atoms with E-state index in [-0.39, 0.29) is 0 Å². The molecule has 11 rings (SSSR count). The molecule has 0 aliphatic rings. The molecule has 52 heavy (non-hydrogen) atoms. The van der Waals surface area contributed by atoms with E-state index in [1.165, 1.54) is 32.6 Å². The van der Waals surface area contributed by atoms with Crippen molar-refractivity contribution in [2.45, 2.75) is 0 Å². The molecule has 0 saturated carbocycles. The summed E-state index contributed by atoms with van der Waals surface area (Å²) in [6.07, 6.45) is 0. The van der Waals surface area contributed by atoms with E-state index in [9.17, 15) is 0 Å². The van der Waals surface area contributed by atoms with Gasteiger partial charge in [0.1, 0.15) is 0 Å². The predicted molar refractivity (Wildman–Crippen MR) is 213 cm³/mol. The van der Waals surface area contributed by atoms with Crippen LogP contribution in [0.1, 0.15) is 0 Å². The smallest absolute Gasteiger partial charge is 0.238 e. The van der Waals surface area contributed by atoms with E-state index in [4.69, 9.17) is 15.0 Å². The van der Waals surface area contributed by atoms with Gasteiger partial charge in [0.15, 0.2) is 11.6 Å². The Morgan fingerprint density at radius 3 is 1.40 bits per heavy atom. The first kappa shape index (κ1) is 28.8. The zero-order valence-corrected chi connectivity index (χ0v) is 28.3. The zero-order chi connectivity index (χ0) is 34.3. The highest BCUT2D eigenvalue weighted by atomic mass is 15.2. The minimum atomic E-state index is 0.576. The summed E-state index contributed by atoms with van der Waals surface area (Å²) in [5, 5.41) is 7.10. The van der Waals surface area contributed by atoms with E-state index in [2.05, 4.69) is 185 Å². The highest BCUT2D eigenvalue weighted by molar-refractivity contribution is 6.11. The third-order valence-electron chi connectivity index (χ3n) is 10.5. The van der Waals surface area contributed by atoms with Crippen molar-refractivity contribution in [2.24, 2.45) is 7.05 Å². The maximum Gasteiger partial charge on any atom is 0.238 e. The number of para-hydroxylation sites is 6. The summed E-state index contributed by atoms with van der Waals surface area (Å²) in [5.41, 5.74) is 9.59. The van der Waals surface area contributed by atoms with Gasteiger partial charge in [-0.2, -0.15) is 9.97 Å². The van der Waals surface area contributed by atoms with Crippen molar-refractivity contribution >= 4 is 65.4 Å². The molecule has 0 unspecified atom stereocenters. The molecule has 6 nitrogen and oxygen atoms in total. The lowest BCUT2D eigenvalue weighted by Gasteiger charge is -2.15. The summed E-state index contributed by atoms with van der Waals surface area (Å²) in [6, 6.07) is 57.7. The number of nitrogens with zero attached hydrogens (tertiary/aromatic N) is 6. The van der Waals surface area contributed by atoms with Crippen LogP contribution < -0.4 is 0 Å². The Balaban J connectivity index is 1.22. The fourth-order valence-electron chi connectivity index (χ4n) is 8.20.